The molecule has 0 bridgehead atoms. The summed E-state index contributed by atoms with van der Waals surface area (Å²) in [5.41, 5.74) is 0.203. The van der Waals surface area contributed by atoms with Crippen LogP contribution in [0.15, 0.2) is 18.2 Å². The van der Waals surface area contributed by atoms with Crippen molar-refractivity contribution in [3.8, 4) is 5.75 Å². The Morgan fingerprint density at radius 2 is 2.13 bits per heavy atom. The van der Waals surface area contributed by atoms with E-state index >= 15 is 0 Å². The molecule has 126 valence electrons. The summed E-state index contributed by atoms with van der Waals surface area (Å²) < 4.78 is 35.2. The number of morpholine rings is 1. The smallest absolute Gasteiger partial charge is 0.387 e. The second-order valence-corrected chi connectivity index (χ2v) is 5.74. The highest BCUT2D eigenvalue weighted by molar-refractivity contribution is 5.60. The van der Waals surface area contributed by atoms with Crippen LogP contribution in [0.2, 0.25) is 0 Å². The minimum absolute atomic E-state index is 0.132. The van der Waals surface area contributed by atoms with Crippen LogP contribution in [0.25, 0.3) is 0 Å². The van der Waals surface area contributed by atoms with Crippen LogP contribution in [0.3, 0.4) is 0 Å². The minimum atomic E-state index is -3.10. The van der Waals surface area contributed by atoms with Crippen LogP contribution in [0.4, 0.5) is 20.2 Å². The standard InChI is InChI=1S/C15H18F2N2O4/c16-15(17)23-14-9-10(5-6-12(14)19(20)21)18-7-8-22-13-4-2-1-3-11(13)18/h5-6,9,11,13,15H,1-4,7-8H2. The third-order valence-electron chi connectivity index (χ3n) is 4.42. The van der Waals surface area contributed by atoms with Gasteiger partial charge < -0.3 is 14.4 Å². The van der Waals surface area contributed by atoms with E-state index in [9.17, 15) is 18.9 Å². The number of halogens is 2. The van der Waals surface area contributed by atoms with Gasteiger partial charge in [-0.3, -0.25) is 10.1 Å². The second kappa shape index (κ2) is 6.66. The number of hydrogen-bond acceptors (Lipinski definition) is 5. The molecule has 2 unspecified atom stereocenters. The summed E-state index contributed by atoms with van der Waals surface area (Å²) in [6.45, 7) is -1.91. The van der Waals surface area contributed by atoms with Crippen molar-refractivity contribution in [2.75, 3.05) is 18.1 Å². The van der Waals surface area contributed by atoms with Crippen LogP contribution in [-0.2, 0) is 4.74 Å². The molecule has 1 aromatic carbocycles. The molecule has 3 rings (SSSR count). The van der Waals surface area contributed by atoms with Crippen LogP contribution in [0.1, 0.15) is 25.7 Å². The van der Waals surface area contributed by atoms with Gasteiger partial charge in [-0.25, -0.2) is 0 Å². The highest BCUT2D eigenvalue weighted by Gasteiger charge is 2.35. The number of ether oxygens (including phenoxy) is 2. The molecule has 0 N–H and O–H groups in total. The molecule has 1 aliphatic carbocycles. The summed E-state index contributed by atoms with van der Waals surface area (Å²) in [5.74, 6) is -0.402. The van der Waals surface area contributed by atoms with Gasteiger partial charge in [-0.2, -0.15) is 8.78 Å². The average Bonchev–Trinajstić information content (AvgIpc) is 2.53. The summed E-state index contributed by atoms with van der Waals surface area (Å²) in [4.78, 5) is 12.3. The van der Waals surface area contributed by atoms with Crippen LogP contribution >= 0.6 is 0 Å². The first-order valence-corrected chi connectivity index (χ1v) is 7.68. The van der Waals surface area contributed by atoms with E-state index in [1.165, 1.54) is 12.1 Å². The summed E-state index contributed by atoms with van der Waals surface area (Å²) >= 11 is 0. The molecule has 0 radical (unpaired) electrons. The highest BCUT2D eigenvalue weighted by atomic mass is 19.3. The molecule has 0 spiro atoms. The Hall–Kier alpha value is -1.96. The van der Waals surface area contributed by atoms with Crippen molar-refractivity contribution >= 4 is 11.4 Å². The lowest BCUT2D eigenvalue weighted by Gasteiger charge is -2.45. The molecular formula is C15H18F2N2O4. The van der Waals surface area contributed by atoms with Gasteiger partial charge in [0.15, 0.2) is 0 Å². The largest absolute Gasteiger partial charge is 0.427 e. The van der Waals surface area contributed by atoms with E-state index in [1.807, 2.05) is 0 Å². The van der Waals surface area contributed by atoms with Crippen molar-refractivity contribution < 1.29 is 23.2 Å². The van der Waals surface area contributed by atoms with Crippen molar-refractivity contribution in [3.05, 3.63) is 28.3 Å². The second-order valence-electron chi connectivity index (χ2n) is 5.74. The Morgan fingerprint density at radius 1 is 1.35 bits per heavy atom. The molecule has 8 heteroatoms. The number of nitro benzene ring substituents is 1. The quantitative estimate of drug-likeness (QED) is 0.626. The molecule has 0 aromatic heterocycles. The maximum atomic E-state index is 12.5. The number of nitrogens with zero attached hydrogens (tertiary/aromatic N) is 2. The van der Waals surface area contributed by atoms with E-state index in [4.69, 9.17) is 4.74 Å². The van der Waals surface area contributed by atoms with E-state index in [-0.39, 0.29) is 12.1 Å². The lowest BCUT2D eigenvalue weighted by atomic mass is 9.90. The van der Waals surface area contributed by atoms with E-state index < -0.39 is 23.0 Å². The van der Waals surface area contributed by atoms with Crippen LogP contribution in [0.5, 0.6) is 5.75 Å². The average molecular weight is 328 g/mol. The Labute approximate surface area is 132 Å². The Morgan fingerprint density at radius 3 is 2.87 bits per heavy atom. The van der Waals surface area contributed by atoms with Gasteiger partial charge in [-0.05, 0) is 18.9 Å². The van der Waals surface area contributed by atoms with Gasteiger partial charge in [-0.1, -0.05) is 12.8 Å². The van der Waals surface area contributed by atoms with Crippen molar-refractivity contribution in [1.82, 2.24) is 0 Å². The summed E-state index contributed by atoms with van der Waals surface area (Å²) in [6, 6.07) is 4.33. The van der Waals surface area contributed by atoms with Crippen LogP contribution in [-0.4, -0.2) is 36.8 Å². The zero-order valence-corrected chi connectivity index (χ0v) is 12.5. The molecule has 2 fully saturated rings. The molecule has 2 atom stereocenters. The van der Waals surface area contributed by atoms with Crippen molar-refractivity contribution in [3.63, 3.8) is 0 Å². The number of hydrogen-bond donors (Lipinski definition) is 0. The van der Waals surface area contributed by atoms with E-state index in [1.54, 1.807) is 6.07 Å². The number of fused-ring (bicyclic) bond motifs is 1. The first-order valence-electron chi connectivity index (χ1n) is 7.68. The van der Waals surface area contributed by atoms with Crippen molar-refractivity contribution in [2.24, 2.45) is 0 Å². The number of alkyl halides is 2. The number of benzene rings is 1. The predicted molar refractivity (Wildman–Crippen MR) is 79.1 cm³/mol. The Bertz CT molecular complexity index is 583. The molecule has 1 aromatic rings. The Balaban J connectivity index is 1.90. The van der Waals surface area contributed by atoms with Gasteiger partial charge in [0.25, 0.3) is 0 Å². The maximum absolute atomic E-state index is 12.5. The molecule has 6 nitrogen and oxygen atoms in total. The Kier molecular flexibility index (Phi) is 4.61. The van der Waals surface area contributed by atoms with Gasteiger partial charge in [-0.15, -0.1) is 0 Å². The third kappa shape index (κ3) is 3.36. The molecule has 23 heavy (non-hydrogen) atoms. The van der Waals surface area contributed by atoms with Gasteiger partial charge in [0.05, 0.1) is 23.7 Å². The van der Waals surface area contributed by atoms with Crippen molar-refractivity contribution in [2.45, 2.75) is 44.4 Å². The fourth-order valence-corrected chi connectivity index (χ4v) is 3.44. The normalized spacial score (nSPS) is 24.4. The summed E-state index contributed by atoms with van der Waals surface area (Å²) in [5, 5.41) is 11.0. The number of rotatable bonds is 4. The maximum Gasteiger partial charge on any atom is 0.387 e. The lowest BCUT2D eigenvalue weighted by molar-refractivity contribution is -0.386. The van der Waals surface area contributed by atoms with Gasteiger partial charge in [0, 0.05) is 24.4 Å². The fourth-order valence-electron chi connectivity index (χ4n) is 3.44. The zero-order chi connectivity index (χ0) is 16.4. The first kappa shape index (κ1) is 15.9. The van der Waals surface area contributed by atoms with Crippen LogP contribution < -0.4 is 9.64 Å². The number of anilines is 1. The molecular weight excluding hydrogens is 310 g/mol. The van der Waals surface area contributed by atoms with E-state index in [2.05, 4.69) is 9.64 Å². The molecule has 1 heterocycles. The number of nitro groups is 1. The fraction of sp³-hybridized carbons (Fsp3) is 0.600. The van der Waals surface area contributed by atoms with Crippen molar-refractivity contribution in [1.29, 1.82) is 0 Å². The molecule has 2 aliphatic rings. The lowest BCUT2D eigenvalue weighted by Crippen LogP contribution is -2.52. The predicted octanol–water partition coefficient (Wildman–Crippen LogP) is 3.34. The topological polar surface area (TPSA) is 64.8 Å². The highest BCUT2D eigenvalue weighted by Crippen LogP contribution is 2.37. The van der Waals surface area contributed by atoms with Gasteiger partial charge >= 0.3 is 12.3 Å². The first-order chi connectivity index (χ1) is 11.1. The van der Waals surface area contributed by atoms with Crippen LogP contribution in [0, 0.1) is 10.1 Å². The van der Waals surface area contributed by atoms with Gasteiger partial charge in [0.1, 0.15) is 0 Å². The third-order valence-corrected chi connectivity index (χ3v) is 4.42. The summed E-state index contributed by atoms with van der Waals surface area (Å²) in [6.07, 6.45) is 4.29. The minimum Gasteiger partial charge on any atom is -0.427 e. The molecule has 1 saturated heterocycles. The molecule has 1 aliphatic heterocycles. The summed E-state index contributed by atoms with van der Waals surface area (Å²) in [7, 11) is 0. The SMILES string of the molecule is O=[N+]([O-])c1ccc(N2CCOC3CCCCC32)cc1OC(F)F. The van der Waals surface area contributed by atoms with E-state index in [0.29, 0.717) is 18.8 Å². The van der Waals surface area contributed by atoms with E-state index in [0.717, 1.165) is 25.7 Å². The van der Waals surface area contributed by atoms with Gasteiger partial charge in [0.2, 0.25) is 5.75 Å². The molecule has 1 saturated carbocycles. The molecule has 0 amide bonds. The zero-order valence-electron chi connectivity index (χ0n) is 12.5. The monoisotopic (exact) mass is 328 g/mol.